The van der Waals surface area contributed by atoms with E-state index in [2.05, 4.69) is 25.7 Å². The zero-order valence-corrected chi connectivity index (χ0v) is 9.81. The molecule has 0 spiro atoms. The van der Waals surface area contributed by atoms with Crippen LogP contribution in [0, 0.1) is 5.92 Å². The lowest BCUT2D eigenvalue weighted by Crippen LogP contribution is -2.52. The summed E-state index contributed by atoms with van der Waals surface area (Å²) in [5, 5.41) is 0. The van der Waals surface area contributed by atoms with E-state index in [1.165, 1.54) is 18.1 Å². The zero-order valence-electron chi connectivity index (χ0n) is 8.99. The van der Waals surface area contributed by atoms with Gasteiger partial charge in [-0.3, -0.25) is 4.90 Å². The Balaban J connectivity index is 2.53. The third kappa shape index (κ3) is 2.86. The predicted molar refractivity (Wildman–Crippen MR) is 61.2 cm³/mol. The highest BCUT2D eigenvalue weighted by Crippen LogP contribution is 2.21. The summed E-state index contributed by atoms with van der Waals surface area (Å²) in [7, 11) is 0. The molecule has 1 aliphatic heterocycles. The second kappa shape index (κ2) is 5.23. The summed E-state index contributed by atoms with van der Waals surface area (Å²) in [4.78, 5) is 2.58. The molecule has 1 heterocycles. The highest BCUT2D eigenvalue weighted by Gasteiger charge is 2.26. The minimum Gasteiger partial charge on any atom is -0.329 e. The van der Waals surface area contributed by atoms with Crippen LogP contribution in [0.5, 0.6) is 0 Å². The maximum Gasteiger partial charge on any atom is 0.0312 e. The van der Waals surface area contributed by atoms with E-state index in [1.54, 1.807) is 0 Å². The van der Waals surface area contributed by atoms with E-state index < -0.39 is 0 Å². The summed E-state index contributed by atoms with van der Waals surface area (Å²) in [5.41, 5.74) is 5.78. The molecule has 2 unspecified atom stereocenters. The number of rotatable bonds is 3. The summed E-state index contributed by atoms with van der Waals surface area (Å²) >= 11 is 2.04. The molecule has 0 aromatic heterocycles. The summed E-state index contributed by atoms with van der Waals surface area (Å²) in [6.07, 6.45) is 0. The van der Waals surface area contributed by atoms with E-state index in [0.717, 1.165) is 12.5 Å². The first-order valence-electron chi connectivity index (χ1n) is 5.20. The van der Waals surface area contributed by atoms with Gasteiger partial charge in [0.1, 0.15) is 0 Å². The van der Waals surface area contributed by atoms with Gasteiger partial charge in [-0.2, -0.15) is 11.8 Å². The Morgan fingerprint density at radius 3 is 2.69 bits per heavy atom. The lowest BCUT2D eigenvalue weighted by molar-refractivity contribution is 0.132. The molecule has 1 saturated heterocycles. The summed E-state index contributed by atoms with van der Waals surface area (Å²) in [6.45, 7) is 8.93. The average molecular weight is 202 g/mol. The molecule has 0 radical (unpaired) electrons. The van der Waals surface area contributed by atoms with E-state index in [9.17, 15) is 0 Å². The number of hydrogen-bond acceptors (Lipinski definition) is 3. The predicted octanol–water partition coefficient (Wildman–Crippen LogP) is 1.41. The smallest absolute Gasteiger partial charge is 0.0312 e. The fourth-order valence-electron chi connectivity index (χ4n) is 1.79. The summed E-state index contributed by atoms with van der Waals surface area (Å²) in [6, 6.07) is 1.28. The van der Waals surface area contributed by atoms with Crippen LogP contribution < -0.4 is 5.73 Å². The highest BCUT2D eigenvalue weighted by atomic mass is 32.2. The monoisotopic (exact) mass is 202 g/mol. The number of nitrogens with two attached hydrogens (primary N) is 1. The van der Waals surface area contributed by atoms with Gasteiger partial charge in [0.2, 0.25) is 0 Å². The van der Waals surface area contributed by atoms with Crippen LogP contribution in [0.1, 0.15) is 20.8 Å². The Morgan fingerprint density at radius 1 is 1.46 bits per heavy atom. The molecule has 0 amide bonds. The normalized spacial score (nSPS) is 27.9. The second-order valence-electron chi connectivity index (χ2n) is 4.19. The largest absolute Gasteiger partial charge is 0.329 e. The molecule has 0 bridgehead atoms. The van der Waals surface area contributed by atoms with Gasteiger partial charge in [0.25, 0.3) is 0 Å². The molecule has 13 heavy (non-hydrogen) atoms. The number of nitrogens with zero attached hydrogens (tertiary/aromatic N) is 1. The fraction of sp³-hybridized carbons (Fsp3) is 1.00. The van der Waals surface area contributed by atoms with E-state index in [-0.39, 0.29) is 0 Å². The van der Waals surface area contributed by atoms with Crippen molar-refractivity contribution in [2.45, 2.75) is 32.9 Å². The molecule has 3 heteroatoms. The van der Waals surface area contributed by atoms with Crippen LogP contribution in [0.2, 0.25) is 0 Å². The van der Waals surface area contributed by atoms with Crippen LogP contribution in [-0.2, 0) is 0 Å². The minimum absolute atomic E-state index is 0.608. The Morgan fingerprint density at radius 2 is 2.15 bits per heavy atom. The molecular weight excluding hydrogens is 180 g/mol. The van der Waals surface area contributed by atoms with Gasteiger partial charge in [-0.05, 0) is 12.8 Å². The molecule has 1 rings (SSSR count). The molecular formula is C10H22N2S. The summed E-state index contributed by atoms with van der Waals surface area (Å²) in [5.74, 6) is 3.22. The molecule has 0 saturated carbocycles. The van der Waals surface area contributed by atoms with Gasteiger partial charge >= 0.3 is 0 Å². The SMILES string of the molecule is CC(C)C(C)N1CCSCC1CN. The topological polar surface area (TPSA) is 29.3 Å². The third-order valence-electron chi connectivity index (χ3n) is 3.03. The van der Waals surface area contributed by atoms with Crippen molar-refractivity contribution in [3.63, 3.8) is 0 Å². The first-order valence-corrected chi connectivity index (χ1v) is 6.35. The zero-order chi connectivity index (χ0) is 9.84. The van der Waals surface area contributed by atoms with Gasteiger partial charge in [-0.1, -0.05) is 13.8 Å². The molecule has 0 aliphatic carbocycles. The van der Waals surface area contributed by atoms with Crippen molar-refractivity contribution in [3.8, 4) is 0 Å². The first kappa shape index (κ1) is 11.3. The fourth-order valence-corrected chi connectivity index (χ4v) is 2.90. The molecule has 0 aromatic rings. The molecule has 2 atom stereocenters. The molecule has 2 N–H and O–H groups in total. The van der Waals surface area contributed by atoms with Crippen LogP contribution in [0.4, 0.5) is 0 Å². The maximum atomic E-state index is 5.78. The van der Waals surface area contributed by atoms with Crippen molar-refractivity contribution in [3.05, 3.63) is 0 Å². The van der Waals surface area contributed by atoms with Crippen LogP contribution in [0.15, 0.2) is 0 Å². The minimum atomic E-state index is 0.608. The van der Waals surface area contributed by atoms with Crippen molar-refractivity contribution >= 4 is 11.8 Å². The van der Waals surface area contributed by atoms with Gasteiger partial charge in [0.05, 0.1) is 0 Å². The van der Waals surface area contributed by atoms with Crippen LogP contribution in [-0.4, -0.2) is 41.6 Å². The first-order chi connectivity index (χ1) is 6.16. The number of thioether (sulfide) groups is 1. The van der Waals surface area contributed by atoms with Gasteiger partial charge in [-0.25, -0.2) is 0 Å². The third-order valence-corrected chi connectivity index (χ3v) is 4.12. The van der Waals surface area contributed by atoms with Crippen molar-refractivity contribution in [1.82, 2.24) is 4.90 Å². The van der Waals surface area contributed by atoms with Crippen molar-refractivity contribution in [1.29, 1.82) is 0 Å². The molecule has 1 aliphatic rings. The van der Waals surface area contributed by atoms with Gasteiger partial charge in [0.15, 0.2) is 0 Å². The van der Waals surface area contributed by atoms with Crippen LogP contribution >= 0.6 is 11.8 Å². The quantitative estimate of drug-likeness (QED) is 0.750. The Bertz CT molecular complexity index is 148. The van der Waals surface area contributed by atoms with Crippen LogP contribution in [0.25, 0.3) is 0 Å². The van der Waals surface area contributed by atoms with Gasteiger partial charge in [-0.15, -0.1) is 0 Å². The standard InChI is InChI=1S/C10H22N2S/c1-8(2)9(3)12-4-5-13-7-10(12)6-11/h8-10H,4-7,11H2,1-3H3. The Labute approximate surface area is 86.2 Å². The lowest BCUT2D eigenvalue weighted by Gasteiger charge is -2.40. The average Bonchev–Trinajstić information content (AvgIpc) is 2.16. The van der Waals surface area contributed by atoms with E-state index in [0.29, 0.717) is 12.1 Å². The van der Waals surface area contributed by atoms with Gasteiger partial charge in [0, 0.05) is 36.7 Å². The highest BCUT2D eigenvalue weighted by molar-refractivity contribution is 7.99. The van der Waals surface area contributed by atoms with Crippen molar-refractivity contribution < 1.29 is 0 Å². The van der Waals surface area contributed by atoms with E-state index in [1.807, 2.05) is 11.8 Å². The Hall–Kier alpha value is 0.270. The Kier molecular flexibility index (Phi) is 4.56. The molecule has 78 valence electrons. The maximum absolute atomic E-state index is 5.78. The summed E-state index contributed by atoms with van der Waals surface area (Å²) < 4.78 is 0. The molecule has 1 fully saturated rings. The molecule has 2 nitrogen and oxygen atoms in total. The second-order valence-corrected chi connectivity index (χ2v) is 5.34. The molecule has 0 aromatic carbocycles. The van der Waals surface area contributed by atoms with Crippen molar-refractivity contribution in [2.24, 2.45) is 11.7 Å². The van der Waals surface area contributed by atoms with Crippen LogP contribution in [0.3, 0.4) is 0 Å². The lowest BCUT2D eigenvalue weighted by atomic mass is 10.0. The number of hydrogen-bond donors (Lipinski definition) is 1. The van der Waals surface area contributed by atoms with Gasteiger partial charge < -0.3 is 5.73 Å². The van der Waals surface area contributed by atoms with Crippen molar-refractivity contribution in [2.75, 3.05) is 24.6 Å². The van der Waals surface area contributed by atoms with E-state index >= 15 is 0 Å². The van der Waals surface area contributed by atoms with E-state index in [4.69, 9.17) is 5.73 Å².